The smallest absolute Gasteiger partial charge is 0.251 e. The molecule has 2 fully saturated rings. The van der Waals surface area contributed by atoms with Crippen molar-refractivity contribution >= 4 is 23.3 Å². The number of halogens is 1. The SMILES string of the molecule is Cc1cc(OCCCC2CCN(c3ccc(Cl)cn3)CC2)ccc1C(=O)N[C@@H]1CCOC1. The van der Waals surface area contributed by atoms with Crippen LogP contribution in [0, 0.1) is 12.8 Å². The summed E-state index contributed by atoms with van der Waals surface area (Å²) in [7, 11) is 0. The minimum atomic E-state index is -0.0373. The molecule has 32 heavy (non-hydrogen) atoms. The van der Waals surface area contributed by atoms with Gasteiger partial charge in [0.15, 0.2) is 0 Å². The molecule has 0 radical (unpaired) electrons. The van der Waals surface area contributed by atoms with E-state index in [1.807, 2.05) is 37.3 Å². The Morgan fingerprint density at radius 3 is 2.78 bits per heavy atom. The van der Waals surface area contributed by atoms with Crippen LogP contribution in [-0.4, -0.2) is 49.8 Å². The maximum atomic E-state index is 12.5. The van der Waals surface area contributed by atoms with Gasteiger partial charge < -0.3 is 19.7 Å². The van der Waals surface area contributed by atoms with E-state index in [0.29, 0.717) is 23.8 Å². The highest BCUT2D eigenvalue weighted by Gasteiger charge is 2.21. The Hall–Kier alpha value is -2.31. The van der Waals surface area contributed by atoms with E-state index >= 15 is 0 Å². The average Bonchev–Trinajstić information content (AvgIpc) is 3.31. The largest absolute Gasteiger partial charge is 0.494 e. The van der Waals surface area contributed by atoms with Gasteiger partial charge >= 0.3 is 0 Å². The molecule has 0 spiro atoms. The molecule has 3 heterocycles. The summed E-state index contributed by atoms with van der Waals surface area (Å²) in [6.45, 7) is 6.05. The number of anilines is 1. The summed E-state index contributed by atoms with van der Waals surface area (Å²) in [5.41, 5.74) is 1.63. The minimum absolute atomic E-state index is 0.0373. The molecule has 0 unspecified atom stereocenters. The van der Waals surface area contributed by atoms with Crippen LogP contribution in [-0.2, 0) is 4.74 Å². The highest BCUT2D eigenvalue weighted by atomic mass is 35.5. The Balaban J connectivity index is 1.16. The van der Waals surface area contributed by atoms with Gasteiger partial charge in [-0.3, -0.25) is 4.79 Å². The third kappa shape index (κ3) is 6.14. The summed E-state index contributed by atoms with van der Waals surface area (Å²) in [5.74, 6) is 2.53. The first kappa shape index (κ1) is 22.9. The van der Waals surface area contributed by atoms with Gasteiger partial charge in [0.25, 0.3) is 5.91 Å². The molecule has 1 aromatic carbocycles. The van der Waals surface area contributed by atoms with Crippen LogP contribution in [0.25, 0.3) is 0 Å². The molecular weight excluding hydrogens is 426 g/mol. The van der Waals surface area contributed by atoms with Crippen molar-refractivity contribution in [2.24, 2.45) is 5.92 Å². The highest BCUT2D eigenvalue weighted by molar-refractivity contribution is 6.30. The number of piperidine rings is 1. The summed E-state index contributed by atoms with van der Waals surface area (Å²) >= 11 is 5.94. The van der Waals surface area contributed by atoms with Crippen LogP contribution in [0.1, 0.15) is 48.0 Å². The topological polar surface area (TPSA) is 63.7 Å². The number of carbonyl (C=O) groups is 1. The standard InChI is InChI=1S/C25H32ClN3O3/c1-18-15-22(5-6-23(18)25(30)28-21-10-14-31-17-21)32-13-2-3-19-8-11-29(12-9-19)24-7-4-20(26)16-27-24/h4-7,15-16,19,21H,2-3,8-14,17H2,1H3,(H,28,30)/t21-/m1/s1. The Bertz CT molecular complexity index is 892. The van der Waals surface area contributed by atoms with Crippen LogP contribution in [0.5, 0.6) is 5.75 Å². The van der Waals surface area contributed by atoms with Gasteiger partial charge in [0, 0.05) is 31.5 Å². The van der Waals surface area contributed by atoms with Crippen molar-refractivity contribution in [3.63, 3.8) is 0 Å². The third-order valence-corrected chi connectivity index (χ3v) is 6.61. The molecule has 2 aliphatic rings. The summed E-state index contributed by atoms with van der Waals surface area (Å²) < 4.78 is 11.3. The van der Waals surface area contributed by atoms with E-state index in [4.69, 9.17) is 21.1 Å². The molecule has 0 saturated carbocycles. The van der Waals surface area contributed by atoms with Crippen LogP contribution in [0.4, 0.5) is 5.82 Å². The number of benzene rings is 1. The first-order valence-corrected chi connectivity index (χ1v) is 11.9. The number of rotatable bonds is 8. The second kappa shape index (κ2) is 11.0. The van der Waals surface area contributed by atoms with Gasteiger partial charge in [-0.1, -0.05) is 11.6 Å². The zero-order chi connectivity index (χ0) is 22.3. The number of hydrogen-bond donors (Lipinski definition) is 1. The molecule has 2 aromatic rings. The first-order chi connectivity index (χ1) is 15.6. The molecule has 1 N–H and O–H groups in total. The van der Waals surface area contributed by atoms with Crippen molar-refractivity contribution in [1.82, 2.24) is 10.3 Å². The Labute approximate surface area is 195 Å². The zero-order valence-corrected chi connectivity index (χ0v) is 19.4. The number of aryl methyl sites for hydroxylation is 1. The monoisotopic (exact) mass is 457 g/mol. The maximum absolute atomic E-state index is 12.5. The molecule has 0 bridgehead atoms. The number of pyridine rings is 1. The van der Waals surface area contributed by atoms with Crippen LogP contribution in [0.3, 0.4) is 0 Å². The van der Waals surface area contributed by atoms with Gasteiger partial charge in [-0.25, -0.2) is 4.98 Å². The molecule has 1 amide bonds. The molecule has 172 valence electrons. The Kier molecular flexibility index (Phi) is 7.87. The van der Waals surface area contributed by atoms with Gasteiger partial charge in [-0.2, -0.15) is 0 Å². The molecule has 6 nitrogen and oxygen atoms in total. The molecule has 2 aliphatic heterocycles. The van der Waals surface area contributed by atoms with Crippen LogP contribution in [0.2, 0.25) is 5.02 Å². The lowest BCUT2D eigenvalue weighted by molar-refractivity contribution is 0.0929. The molecule has 0 aliphatic carbocycles. The molecule has 7 heteroatoms. The van der Waals surface area contributed by atoms with Crippen LogP contribution in [0.15, 0.2) is 36.5 Å². The molecule has 1 atom stereocenters. The minimum Gasteiger partial charge on any atom is -0.494 e. The van der Waals surface area contributed by atoms with Crippen molar-refractivity contribution in [3.05, 3.63) is 52.7 Å². The third-order valence-electron chi connectivity index (χ3n) is 6.38. The van der Waals surface area contributed by atoms with Crippen molar-refractivity contribution in [2.45, 2.75) is 45.1 Å². The maximum Gasteiger partial charge on any atom is 0.251 e. The predicted octanol–water partition coefficient (Wildman–Crippen LogP) is 4.64. The molecule has 1 aromatic heterocycles. The average molecular weight is 458 g/mol. The fourth-order valence-corrected chi connectivity index (χ4v) is 4.57. The Morgan fingerprint density at radius 2 is 2.09 bits per heavy atom. The normalized spacial score (nSPS) is 19.2. The number of nitrogens with zero attached hydrogens (tertiary/aromatic N) is 2. The van der Waals surface area contributed by atoms with Gasteiger partial charge in [0.1, 0.15) is 11.6 Å². The van der Waals surface area contributed by atoms with Crippen LogP contribution >= 0.6 is 11.6 Å². The Morgan fingerprint density at radius 1 is 1.25 bits per heavy atom. The molecular formula is C25H32ClN3O3. The van der Waals surface area contributed by atoms with Gasteiger partial charge in [0.05, 0.1) is 24.3 Å². The fourth-order valence-electron chi connectivity index (χ4n) is 4.46. The van der Waals surface area contributed by atoms with Gasteiger partial charge in [-0.05, 0) is 80.8 Å². The van der Waals surface area contributed by atoms with Crippen LogP contribution < -0.4 is 15.0 Å². The summed E-state index contributed by atoms with van der Waals surface area (Å²) in [6.07, 6.45) is 7.16. The van der Waals surface area contributed by atoms with E-state index in [9.17, 15) is 4.79 Å². The quantitative estimate of drug-likeness (QED) is 0.585. The predicted molar refractivity (Wildman–Crippen MR) is 127 cm³/mol. The lowest BCUT2D eigenvalue weighted by Crippen LogP contribution is -2.35. The van der Waals surface area contributed by atoms with E-state index in [1.165, 1.54) is 19.3 Å². The molecule has 2 saturated heterocycles. The summed E-state index contributed by atoms with van der Waals surface area (Å²) in [4.78, 5) is 19.2. The van der Waals surface area contributed by atoms with E-state index in [0.717, 1.165) is 55.6 Å². The number of ether oxygens (including phenoxy) is 2. The van der Waals surface area contributed by atoms with E-state index in [1.54, 1.807) is 6.20 Å². The van der Waals surface area contributed by atoms with Gasteiger partial charge in [0.2, 0.25) is 0 Å². The fraction of sp³-hybridized carbons (Fsp3) is 0.520. The number of nitrogens with one attached hydrogen (secondary N) is 1. The number of amides is 1. The number of hydrogen-bond acceptors (Lipinski definition) is 5. The molecule has 4 rings (SSSR count). The van der Waals surface area contributed by atoms with Gasteiger partial charge in [-0.15, -0.1) is 0 Å². The van der Waals surface area contributed by atoms with Crippen molar-refractivity contribution in [2.75, 3.05) is 37.8 Å². The van der Waals surface area contributed by atoms with E-state index in [-0.39, 0.29) is 11.9 Å². The van der Waals surface area contributed by atoms with Crippen molar-refractivity contribution in [1.29, 1.82) is 0 Å². The van der Waals surface area contributed by atoms with E-state index < -0.39 is 0 Å². The number of carbonyl (C=O) groups excluding carboxylic acids is 1. The lowest BCUT2D eigenvalue weighted by atomic mass is 9.92. The summed E-state index contributed by atoms with van der Waals surface area (Å²) in [5, 5.41) is 3.72. The first-order valence-electron chi connectivity index (χ1n) is 11.6. The second-order valence-corrected chi connectivity index (χ2v) is 9.20. The van der Waals surface area contributed by atoms with Crippen molar-refractivity contribution in [3.8, 4) is 5.75 Å². The second-order valence-electron chi connectivity index (χ2n) is 8.77. The lowest BCUT2D eigenvalue weighted by Gasteiger charge is -2.32. The van der Waals surface area contributed by atoms with Crippen molar-refractivity contribution < 1.29 is 14.3 Å². The highest BCUT2D eigenvalue weighted by Crippen LogP contribution is 2.26. The summed E-state index contributed by atoms with van der Waals surface area (Å²) in [6, 6.07) is 9.72. The number of aromatic nitrogens is 1. The zero-order valence-electron chi connectivity index (χ0n) is 18.7. The van der Waals surface area contributed by atoms with E-state index in [2.05, 4.69) is 15.2 Å².